The zero-order valence-electron chi connectivity index (χ0n) is 12.3. The van der Waals surface area contributed by atoms with E-state index in [0.29, 0.717) is 30.1 Å². The summed E-state index contributed by atoms with van der Waals surface area (Å²) in [5.41, 5.74) is -0.165. The van der Waals surface area contributed by atoms with Gasteiger partial charge >= 0.3 is 12.0 Å². The molecule has 2 aliphatic rings. The maximum Gasteiger partial charge on any atom is 0.332 e. The third-order valence-corrected chi connectivity index (χ3v) is 4.68. The molecule has 6 heteroatoms. The average Bonchev–Trinajstić information content (AvgIpc) is 2.51. The minimum absolute atomic E-state index is 0.254. The molecule has 1 aromatic carbocycles. The summed E-state index contributed by atoms with van der Waals surface area (Å²) < 4.78 is 5.24. The van der Waals surface area contributed by atoms with E-state index >= 15 is 0 Å². The molecule has 5 nitrogen and oxygen atoms in total. The van der Waals surface area contributed by atoms with E-state index in [1.165, 1.54) is 0 Å². The maximum absolute atomic E-state index is 12.7. The lowest BCUT2D eigenvalue weighted by molar-refractivity contribution is -0.167. The molecule has 1 saturated carbocycles. The first kappa shape index (κ1) is 15.2. The van der Waals surface area contributed by atoms with Crippen molar-refractivity contribution in [3.8, 4) is 0 Å². The fraction of sp³-hybridized carbons (Fsp3) is 0.500. The number of benzene rings is 1. The lowest BCUT2D eigenvalue weighted by Gasteiger charge is -2.46. The minimum atomic E-state index is -0.793. The Bertz CT molecular complexity index is 585. The first-order valence-electron chi connectivity index (χ1n) is 7.63. The average molecular weight is 323 g/mol. The molecule has 22 heavy (non-hydrogen) atoms. The van der Waals surface area contributed by atoms with E-state index in [9.17, 15) is 9.59 Å². The third-order valence-electron chi connectivity index (χ3n) is 4.45. The van der Waals surface area contributed by atoms with E-state index in [1.807, 2.05) is 0 Å². The summed E-state index contributed by atoms with van der Waals surface area (Å²) in [6, 6.07) is 6.73. The van der Waals surface area contributed by atoms with Crippen molar-refractivity contribution in [1.82, 2.24) is 4.90 Å². The van der Waals surface area contributed by atoms with Crippen molar-refractivity contribution < 1.29 is 14.3 Å². The number of ether oxygens (including phenoxy) is 1. The third kappa shape index (κ3) is 2.77. The Hall–Kier alpha value is -1.75. The topological polar surface area (TPSA) is 58.6 Å². The van der Waals surface area contributed by atoms with Crippen molar-refractivity contribution >= 4 is 29.3 Å². The van der Waals surface area contributed by atoms with Crippen LogP contribution < -0.4 is 5.32 Å². The van der Waals surface area contributed by atoms with Crippen LogP contribution in [0.15, 0.2) is 24.3 Å². The van der Waals surface area contributed by atoms with Crippen LogP contribution in [0.1, 0.15) is 32.1 Å². The molecule has 0 bridgehead atoms. The van der Waals surface area contributed by atoms with Gasteiger partial charge in [0, 0.05) is 10.7 Å². The first-order valence-corrected chi connectivity index (χ1v) is 8.01. The van der Waals surface area contributed by atoms with E-state index in [-0.39, 0.29) is 18.6 Å². The fourth-order valence-corrected chi connectivity index (χ4v) is 3.54. The molecule has 2 fully saturated rings. The molecule has 1 heterocycles. The van der Waals surface area contributed by atoms with Crippen LogP contribution in [0, 0.1) is 0 Å². The SMILES string of the molecule is O=C(Nc1cccc(Cl)c1)N1CCOC(=O)C12CCCCC2. The molecule has 118 valence electrons. The van der Waals surface area contributed by atoms with Crippen LogP contribution in [0.25, 0.3) is 0 Å². The predicted octanol–water partition coefficient (Wildman–Crippen LogP) is 3.43. The van der Waals surface area contributed by atoms with E-state index in [1.54, 1.807) is 29.2 Å². The van der Waals surface area contributed by atoms with Gasteiger partial charge in [-0.05, 0) is 31.0 Å². The van der Waals surface area contributed by atoms with Gasteiger partial charge in [-0.15, -0.1) is 0 Å². The molecule has 0 radical (unpaired) electrons. The minimum Gasteiger partial charge on any atom is -0.462 e. The highest BCUT2D eigenvalue weighted by atomic mass is 35.5. The quantitative estimate of drug-likeness (QED) is 0.806. The molecular formula is C16H19ClN2O3. The molecule has 3 rings (SSSR count). The Kier molecular flexibility index (Phi) is 4.25. The van der Waals surface area contributed by atoms with Gasteiger partial charge in [0.1, 0.15) is 12.1 Å². The van der Waals surface area contributed by atoms with Crippen molar-refractivity contribution in [2.45, 2.75) is 37.6 Å². The highest BCUT2D eigenvalue weighted by Crippen LogP contribution is 2.37. The summed E-state index contributed by atoms with van der Waals surface area (Å²) in [6.45, 7) is 0.682. The Balaban J connectivity index is 1.81. The number of cyclic esters (lactones) is 1. The zero-order chi connectivity index (χ0) is 15.6. The van der Waals surface area contributed by atoms with Gasteiger partial charge in [0.05, 0.1) is 6.54 Å². The van der Waals surface area contributed by atoms with E-state index < -0.39 is 5.54 Å². The maximum atomic E-state index is 12.7. The van der Waals surface area contributed by atoms with Gasteiger partial charge in [-0.2, -0.15) is 0 Å². The Morgan fingerprint density at radius 2 is 2.05 bits per heavy atom. The molecule has 2 amide bonds. The molecule has 1 saturated heterocycles. The number of carbonyl (C=O) groups is 2. The fourth-order valence-electron chi connectivity index (χ4n) is 3.35. The van der Waals surface area contributed by atoms with Gasteiger partial charge in [0.15, 0.2) is 0 Å². The number of morpholine rings is 1. The van der Waals surface area contributed by atoms with Crippen LogP contribution in [0.3, 0.4) is 0 Å². The van der Waals surface area contributed by atoms with Crippen LogP contribution >= 0.6 is 11.6 Å². The predicted molar refractivity (Wildman–Crippen MR) is 84.0 cm³/mol. The Labute approximate surface area is 134 Å². The number of halogens is 1. The van der Waals surface area contributed by atoms with Gasteiger partial charge < -0.3 is 15.0 Å². The molecule has 1 spiro atoms. The number of esters is 1. The summed E-state index contributed by atoms with van der Waals surface area (Å²) in [5.74, 6) is -0.264. The molecule has 1 aliphatic heterocycles. The number of nitrogens with one attached hydrogen (secondary N) is 1. The molecule has 1 aromatic rings. The summed E-state index contributed by atoms with van der Waals surface area (Å²) >= 11 is 5.94. The zero-order valence-corrected chi connectivity index (χ0v) is 13.1. The number of hydrogen-bond donors (Lipinski definition) is 1. The van der Waals surface area contributed by atoms with Gasteiger partial charge in [0.2, 0.25) is 0 Å². The van der Waals surface area contributed by atoms with E-state index in [4.69, 9.17) is 16.3 Å². The number of nitrogens with zero attached hydrogens (tertiary/aromatic N) is 1. The van der Waals surface area contributed by atoms with Crippen LogP contribution in [0.2, 0.25) is 5.02 Å². The summed E-state index contributed by atoms with van der Waals surface area (Å²) in [7, 11) is 0. The normalized spacial score (nSPS) is 20.6. The number of carbonyl (C=O) groups excluding carboxylic acids is 2. The second kappa shape index (κ2) is 6.16. The first-order chi connectivity index (χ1) is 10.6. The van der Waals surface area contributed by atoms with Crippen molar-refractivity contribution in [2.75, 3.05) is 18.5 Å². The van der Waals surface area contributed by atoms with Crippen LogP contribution in [0.4, 0.5) is 10.5 Å². The number of anilines is 1. The van der Waals surface area contributed by atoms with Crippen molar-refractivity contribution in [3.63, 3.8) is 0 Å². The van der Waals surface area contributed by atoms with Crippen molar-refractivity contribution in [3.05, 3.63) is 29.3 Å². The van der Waals surface area contributed by atoms with Gasteiger partial charge in [-0.25, -0.2) is 9.59 Å². The van der Waals surface area contributed by atoms with Crippen molar-refractivity contribution in [1.29, 1.82) is 0 Å². The summed E-state index contributed by atoms with van der Waals surface area (Å²) in [6.07, 6.45) is 4.33. The molecule has 0 atom stereocenters. The summed E-state index contributed by atoms with van der Waals surface area (Å²) in [5, 5.41) is 3.40. The number of rotatable bonds is 1. The molecule has 0 unspecified atom stereocenters. The van der Waals surface area contributed by atoms with E-state index in [0.717, 1.165) is 19.3 Å². The smallest absolute Gasteiger partial charge is 0.332 e. The Morgan fingerprint density at radius 3 is 2.77 bits per heavy atom. The number of urea groups is 1. The summed E-state index contributed by atoms with van der Waals surface area (Å²) in [4.78, 5) is 26.6. The Morgan fingerprint density at radius 1 is 1.27 bits per heavy atom. The van der Waals surface area contributed by atoms with Gasteiger partial charge in [-0.3, -0.25) is 0 Å². The highest BCUT2D eigenvalue weighted by Gasteiger charge is 2.50. The molecular weight excluding hydrogens is 304 g/mol. The molecule has 0 aromatic heterocycles. The number of amides is 2. The standard InChI is InChI=1S/C16H19ClN2O3/c17-12-5-4-6-13(11-12)18-15(21)19-9-10-22-14(20)16(19)7-2-1-3-8-16/h4-6,11H,1-3,7-10H2,(H,18,21). The largest absolute Gasteiger partial charge is 0.462 e. The second-order valence-corrected chi connectivity index (χ2v) is 6.26. The van der Waals surface area contributed by atoms with Crippen LogP contribution in [0.5, 0.6) is 0 Å². The van der Waals surface area contributed by atoms with Gasteiger partial charge in [0.25, 0.3) is 0 Å². The van der Waals surface area contributed by atoms with Crippen LogP contribution in [-0.4, -0.2) is 35.6 Å². The lowest BCUT2D eigenvalue weighted by Crippen LogP contribution is -2.63. The lowest BCUT2D eigenvalue weighted by atomic mass is 9.79. The van der Waals surface area contributed by atoms with Gasteiger partial charge in [-0.1, -0.05) is 36.9 Å². The highest BCUT2D eigenvalue weighted by molar-refractivity contribution is 6.30. The molecule has 1 aliphatic carbocycles. The number of hydrogen-bond acceptors (Lipinski definition) is 3. The van der Waals surface area contributed by atoms with Crippen molar-refractivity contribution in [2.24, 2.45) is 0 Å². The van der Waals surface area contributed by atoms with E-state index in [2.05, 4.69) is 5.32 Å². The monoisotopic (exact) mass is 322 g/mol. The van der Waals surface area contributed by atoms with Crippen LogP contribution in [-0.2, 0) is 9.53 Å². The second-order valence-electron chi connectivity index (χ2n) is 5.82. The molecule has 1 N–H and O–H groups in total.